The smallest absolute Gasteiger partial charge is 0.408 e. The van der Waals surface area contributed by atoms with Crippen molar-refractivity contribution in [1.82, 2.24) is 10.6 Å². The number of ether oxygens (including phenoxy) is 1. The number of nitrogens with one attached hydrogen (secondary N) is 2. The number of aliphatic hydroxyl groups excluding tert-OH is 1. The molecule has 0 aliphatic heterocycles. The van der Waals surface area contributed by atoms with E-state index in [0.717, 1.165) is 0 Å². The first-order valence-electron chi connectivity index (χ1n) is 9.02. The number of rotatable bonds is 6. The monoisotopic (exact) mass is 438 g/mol. The molecule has 0 spiro atoms. The number of hydrogen-bond donors (Lipinski definition) is 3. The summed E-state index contributed by atoms with van der Waals surface area (Å²) in [7, 11) is 0. The largest absolute Gasteiger partial charge is 0.444 e. The summed E-state index contributed by atoms with van der Waals surface area (Å²) in [5, 5.41) is 16.3. The van der Waals surface area contributed by atoms with E-state index >= 15 is 0 Å². The van der Waals surface area contributed by atoms with Gasteiger partial charge in [-0.25, -0.2) is 4.79 Å². The predicted octanol–water partition coefficient (Wildman–Crippen LogP) is 4.41. The van der Waals surface area contributed by atoms with E-state index in [1.165, 1.54) is 6.07 Å². The third kappa shape index (κ3) is 7.24. The molecule has 0 saturated carbocycles. The average molecular weight is 439 g/mol. The van der Waals surface area contributed by atoms with Gasteiger partial charge in [-0.15, -0.1) is 0 Å². The number of alkyl carbamates (subject to hydrolysis) is 1. The van der Waals surface area contributed by atoms with Crippen molar-refractivity contribution in [1.29, 1.82) is 0 Å². The molecule has 0 aliphatic carbocycles. The molecule has 3 N–H and O–H groups in total. The topological polar surface area (TPSA) is 87.7 Å². The highest BCUT2D eigenvalue weighted by atomic mass is 35.5. The fraction of sp³-hybridized carbons (Fsp3) is 0.333. The van der Waals surface area contributed by atoms with Gasteiger partial charge in [0.25, 0.3) is 0 Å². The van der Waals surface area contributed by atoms with Gasteiger partial charge in [0.15, 0.2) is 0 Å². The second-order valence-electron chi connectivity index (χ2n) is 7.42. The standard InChI is InChI=1S/C21H24Cl2N2O4/c1-21(2,3)29-20(28)25-18(13-7-5-4-6-8-13)19(27)24-12-17(26)15-10-9-14(22)11-16(15)23/h4-11,17-18,26H,12H2,1-3H3,(H,24,27)(H,25,28). The van der Waals surface area contributed by atoms with Crippen LogP contribution in [0.15, 0.2) is 48.5 Å². The Morgan fingerprint density at radius 3 is 2.34 bits per heavy atom. The van der Waals surface area contributed by atoms with Gasteiger partial charge in [0.2, 0.25) is 5.91 Å². The first-order valence-corrected chi connectivity index (χ1v) is 9.77. The van der Waals surface area contributed by atoms with E-state index in [1.807, 2.05) is 0 Å². The molecule has 156 valence electrons. The highest BCUT2D eigenvalue weighted by Gasteiger charge is 2.26. The number of benzene rings is 2. The molecule has 2 aromatic carbocycles. The second-order valence-corrected chi connectivity index (χ2v) is 8.26. The lowest BCUT2D eigenvalue weighted by molar-refractivity contribution is -0.123. The maximum absolute atomic E-state index is 12.8. The van der Waals surface area contributed by atoms with Gasteiger partial charge in [0, 0.05) is 22.2 Å². The van der Waals surface area contributed by atoms with Crippen LogP contribution < -0.4 is 10.6 Å². The van der Waals surface area contributed by atoms with Crippen LogP contribution in [0.3, 0.4) is 0 Å². The van der Waals surface area contributed by atoms with Crippen molar-refractivity contribution in [2.75, 3.05) is 6.54 Å². The fourth-order valence-electron chi connectivity index (χ4n) is 2.55. The first kappa shape index (κ1) is 23.0. The minimum Gasteiger partial charge on any atom is -0.444 e. The normalized spacial score (nSPS) is 13.3. The zero-order valence-electron chi connectivity index (χ0n) is 16.4. The molecule has 2 amide bonds. The van der Waals surface area contributed by atoms with Gasteiger partial charge in [-0.3, -0.25) is 4.79 Å². The molecule has 2 rings (SSSR count). The van der Waals surface area contributed by atoms with E-state index < -0.39 is 29.7 Å². The molecule has 8 heteroatoms. The minimum atomic E-state index is -1.04. The highest BCUT2D eigenvalue weighted by Crippen LogP contribution is 2.26. The Hall–Kier alpha value is -2.28. The number of carbonyl (C=O) groups is 2. The molecule has 0 saturated heterocycles. The molecule has 2 unspecified atom stereocenters. The summed E-state index contributed by atoms with van der Waals surface area (Å²) < 4.78 is 5.25. The van der Waals surface area contributed by atoms with E-state index in [0.29, 0.717) is 21.2 Å². The van der Waals surface area contributed by atoms with Gasteiger partial charge < -0.3 is 20.5 Å². The van der Waals surface area contributed by atoms with Crippen molar-refractivity contribution >= 4 is 35.2 Å². The van der Waals surface area contributed by atoms with Crippen LogP contribution >= 0.6 is 23.2 Å². The van der Waals surface area contributed by atoms with E-state index in [9.17, 15) is 14.7 Å². The molecule has 0 aromatic heterocycles. The maximum Gasteiger partial charge on any atom is 0.408 e. The van der Waals surface area contributed by atoms with Crippen molar-refractivity contribution in [2.45, 2.75) is 38.5 Å². The number of hydrogen-bond acceptors (Lipinski definition) is 4. The predicted molar refractivity (Wildman–Crippen MR) is 113 cm³/mol. The minimum absolute atomic E-state index is 0.0977. The van der Waals surface area contributed by atoms with Crippen LogP contribution in [0.5, 0.6) is 0 Å². The lowest BCUT2D eigenvalue weighted by Crippen LogP contribution is -2.43. The number of carbonyl (C=O) groups excluding carboxylic acids is 2. The Morgan fingerprint density at radius 2 is 1.76 bits per heavy atom. The van der Waals surface area contributed by atoms with Gasteiger partial charge in [-0.2, -0.15) is 0 Å². The summed E-state index contributed by atoms with van der Waals surface area (Å²) in [6.07, 6.45) is -1.76. The lowest BCUT2D eigenvalue weighted by Gasteiger charge is -2.24. The Labute approximate surface area is 180 Å². The van der Waals surface area contributed by atoms with Crippen LogP contribution in [0, 0.1) is 0 Å². The quantitative estimate of drug-likeness (QED) is 0.622. The Kier molecular flexibility index (Phi) is 7.90. The Balaban J connectivity index is 2.09. The van der Waals surface area contributed by atoms with Crippen LogP contribution in [-0.4, -0.2) is 29.3 Å². The average Bonchev–Trinajstić information content (AvgIpc) is 2.63. The molecule has 0 bridgehead atoms. The summed E-state index contributed by atoms with van der Waals surface area (Å²) in [5.41, 5.74) is 0.311. The van der Waals surface area contributed by atoms with Crippen LogP contribution in [-0.2, 0) is 9.53 Å². The molecular weight excluding hydrogens is 415 g/mol. The van der Waals surface area contributed by atoms with Gasteiger partial charge in [-0.1, -0.05) is 59.6 Å². The summed E-state index contributed by atoms with van der Waals surface area (Å²) in [6, 6.07) is 12.5. The molecule has 0 aliphatic rings. The first-order chi connectivity index (χ1) is 13.6. The van der Waals surface area contributed by atoms with E-state index in [2.05, 4.69) is 10.6 Å². The highest BCUT2D eigenvalue weighted by molar-refractivity contribution is 6.35. The van der Waals surface area contributed by atoms with Crippen molar-refractivity contribution < 1.29 is 19.4 Å². The number of aliphatic hydroxyl groups is 1. The summed E-state index contributed by atoms with van der Waals surface area (Å²) in [4.78, 5) is 25.0. The molecule has 6 nitrogen and oxygen atoms in total. The third-order valence-corrected chi connectivity index (χ3v) is 4.41. The van der Waals surface area contributed by atoms with Crippen LogP contribution in [0.25, 0.3) is 0 Å². The Morgan fingerprint density at radius 1 is 1.10 bits per heavy atom. The van der Waals surface area contributed by atoms with Gasteiger partial charge in [0.1, 0.15) is 11.6 Å². The van der Waals surface area contributed by atoms with Gasteiger partial charge in [-0.05, 0) is 38.5 Å². The summed E-state index contributed by atoms with van der Waals surface area (Å²) in [5.74, 6) is -0.494. The molecule has 29 heavy (non-hydrogen) atoms. The fourth-order valence-corrected chi connectivity index (χ4v) is 3.09. The number of halogens is 2. The van der Waals surface area contributed by atoms with Crippen LogP contribution in [0.2, 0.25) is 10.0 Å². The van der Waals surface area contributed by atoms with Crippen molar-refractivity contribution in [3.05, 3.63) is 69.7 Å². The zero-order chi connectivity index (χ0) is 21.6. The third-order valence-electron chi connectivity index (χ3n) is 3.85. The van der Waals surface area contributed by atoms with Crippen molar-refractivity contribution in [3.8, 4) is 0 Å². The Bertz CT molecular complexity index is 854. The zero-order valence-corrected chi connectivity index (χ0v) is 17.9. The number of amides is 2. The summed E-state index contributed by atoms with van der Waals surface area (Å²) in [6.45, 7) is 5.10. The molecule has 0 fully saturated rings. The maximum atomic E-state index is 12.8. The molecule has 2 aromatic rings. The van der Waals surface area contributed by atoms with Crippen molar-refractivity contribution in [2.24, 2.45) is 0 Å². The van der Waals surface area contributed by atoms with E-state index in [4.69, 9.17) is 27.9 Å². The lowest BCUT2D eigenvalue weighted by atomic mass is 10.1. The van der Waals surface area contributed by atoms with E-state index in [-0.39, 0.29) is 6.54 Å². The second kappa shape index (κ2) is 9.96. The molecule has 0 heterocycles. The molecule has 0 radical (unpaired) electrons. The molecular formula is C21H24Cl2N2O4. The molecule has 2 atom stereocenters. The van der Waals surface area contributed by atoms with E-state index in [1.54, 1.807) is 63.2 Å². The SMILES string of the molecule is CC(C)(C)OC(=O)NC(C(=O)NCC(O)c1ccc(Cl)cc1Cl)c1ccccc1. The van der Waals surface area contributed by atoms with Gasteiger partial charge >= 0.3 is 6.09 Å². The van der Waals surface area contributed by atoms with Crippen LogP contribution in [0.4, 0.5) is 4.79 Å². The summed E-state index contributed by atoms with van der Waals surface area (Å²) >= 11 is 12.0. The van der Waals surface area contributed by atoms with Crippen LogP contribution in [0.1, 0.15) is 44.0 Å². The van der Waals surface area contributed by atoms with Gasteiger partial charge in [0.05, 0.1) is 6.10 Å². The van der Waals surface area contributed by atoms with Crippen molar-refractivity contribution in [3.63, 3.8) is 0 Å².